The molecule has 2 N–H and O–H groups in total. The van der Waals surface area contributed by atoms with Crippen molar-refractivity contribution in [1.82, 2.24) is 5.48 Å². The zero-order valence-corrected chi connectivity index (χ0v) is 16.6. The van der Waals surface area contributed by atoms with Crippen molar-refractivity contribution < 1.29 is 31.2 Å². The SMILES string of the molecule is CS(=O)(=O)c1ccc(Nc2c(C(=O)NOCC3CC3)cc(F)c(F)c2F)c(Cl)c1. The van der Waals surface area contributed by atoms with Crippen LogP contribution in [0.1, 0.15) is 23.2 Å². The van der Waals surface area contributed by atoms with Crippen molar-refractivity contribution in [2.75, 3.05) is 18.2 Å². The van der Waals surface area contributed by atoms with Crippen LogP contribution in [-0.4, -0.2) is 27.2 Å². The highest BCUT2D eigenvalue weighted by Crippen LogP contribution is 2.33. The van der Waals surface area contributed by atoms with Crippen molar-refractivity contribution in [1.29, 1.82) is 0 Å². The molecule has 1 fully saturated rings. The van der Waals surface area contributed by atoms with Gasteiger partial charge in [-0.2, -0.15) is 0 Å². The first-order chi connectivity index (χ1) is 13.6. The molecule has 0 saturated heterocycles. The molecule has 2 aromatic carbocycles. The summed E-state index contributed by atoms with van der Waals surface area (Å²) < 4.78 is 65.0. The molecule has 1 amide bonds. The Balaban J connectivity index is 1.93. The molecule has 3 rings (SSSR count). The maximum atomic E-state index is 14.4. The van der Waals surface area contributed by atoms with Gasteiger partial charge in [0, 0.05) is 6.26 Å². The Bertz CT molecular complexity index is 1080. The summed E-state index contributed by atoms with van der Waals surface area (Å²) in [6.45, 7) is 0.249. The van der Waals surface area contributed by atoms with Gasteiger partial charge in [-0.25, -0.2) is 27.1 Å². The Morgan fingerprint density at radius 3 is 2.48 bits per heavy atom. The Hall–Kier alpha value is -2.30. The second-order valence-corrected chi connectivity index (χ2v) is 9.06. The number of sulfone groups is 1. The highest BCUT2D eigenvalue weighted by Gasteiger charge is 2.25. The molecule has 156 valence electrons. The number of hydrogen-bond acceptors (Lipinski definition) is 5. The van der Waals surface area contributed by atoms with Gasteiger partial charge in [-0.05, 0) is 43.0 Å². The maximum Gasteiger partial charge on any atom is 0.277 e. The standard InChI is InChI=1S/C18H16ClF3N2O4S/c1-29(26,27)10-4-5-14(12(19)6-10)23-17-11(7-13(20)15(21)16(17)22)18(25)24-28-8-9-2-3-9/h4-7,9,23H,2-3,8H2,1H3,(H,24,25). The van der Waals surface area contributed by atoms with Crippen LogP contribution in [0.25, 0.3) is 0 Å². The Labute approximate surface area is 169 Å². The number of anilines is 2. The predicted octanol–water partition coefficient (Wildman–Crippen LogP) is 3.98. The van der Waals surface area contributed by atoms with Crippen LogP contribution in [0.2, 0.25) is 5.02 Å². The van der Waals surface area contributed by atoms with Gasteiger partial charge in [0.2, 0.25) is 0 Å². The van der Waals surface area contributed by atoms with Crippen molar-refractivity contribution in [2.45, 2.75) is 17.7 Å². The lowest BCUT2D eigenvalue weighted by atomic mass is 10.1. The van der Waals surface area contributed by atoms with Gasteiger partial charge in [-0.3, -0.25) is 9.63 Å². The molecule has 11 heteroatoms. The lowest BCUT2D eigenvalue weighted by Gasteiger charge is -2.15. The van der Waals surface area contributed by atoms with Gasteiger partial charge in [0.25, 0.3) is 5.91 Å². The minimum atomic E-state index is -3.55. The van der Waals surface area contributed by atoms with E-state index in [1.807, 2.05) is 0 Å². The molecule has 1 aliphatic carbocycles. The number of hydrogen-bond donors (Lipinski definition) is 2. The molecular weight excluding hydrogens is 433 g/mol. The molecule has 0 spiro atoms. The molecule has 2 aromatic rings. The first-order valence-electron chi connectivity index (χ1n) is 8.44. The molecule has 0 heterocycles. The molecule has 0 radical (unpaired) electrons. The molecule has 1 saturated carbocycles. The average molecular weight is 449 g/mol. The van der Waals surface area contributed by atoms with Gasteiger partial charge in [0.15, 0.2) is 27.3 Å². The van der Waals surface area contributed by atoms with Gasteiger partial charge in [-0.1, -0.05) is 11.6 Å². The number of amides is 1. The van der Waals surface area contributed by atoms with Gasteiger partial charge in [0.05, 0.1) is 33.5 Å². The molecule has 0 unspecified atom stereocenters. The summed E-state index contributed by atoms with van der Waals surface area (Å²) in [4.78, 5) is 17.2. The number of nitrogens with one attached hydrogen (secondary N) is 2. The van der Waals surface area contributed by atoms with Gasteiger partial charge in [-0.15, -0.1) is 0 Å². The molecule has 0 atom stereocenters. The van der Waals surface area contributed by atoms with Crippen LogP contribution in [0.3, 0.4) is 0 Å². The monoisotopic (exact) mass is 448 g/mol. The third-order valence-corrected chi connectivity index (χ3v) is 5.64. The van der Waals surface area contributed by atoms with E-state index in [1.165, 1.54) is 12.1 Å². The van der Waals surface area contributed by atoms with Crippen molar-refractivity contribution in [2.24, 2.45) is 5.92 Å². The predicted molar refractivity (Wildman–Crippen MR) is 100 cm³/mol. The van der Waals surface area contributed by atoms with E-state index >= 15 is 0 Å². The molecule has 0 aromatic heterocycles. The normalized spacial score (nSPS) is 14.0. The fourth-order valence-electron chi connectivity index (χ4n) is 2.42. The number of halogens is 4. The highest BCUT2D eigenvalue weighted by molar-refractivity contribution is 7.90. The second-order valence-electron chi connectivity index (χ2n) is 6.63. The molecule has 0 bridgehead atoms. The quantitative estimate of drug-likeness (QED) is 0.494. The topological polar surface area (TPSA) is 84.5 Å². The van der Waals surface area contributed by atoms with Crippen molar-refractivity contribution >= 4 is 38.7 Å². The Morgan fingerprint density at radius 1 is 1.21 bits per heavy atom. The lowest BCUT2D eigenvalue weighted by molar-refractivity contribution is 0.0270. The number of carbonyl (C=O) groups is 1. The van der Waals surface area contributed by atoms with E-state index in [9.17, 15) is 26.4 Å². The minimum Gasteiger partial charge on any atom is -0.351 e. The van der Waals surface area contributed by atoms with E-state index in [0.717, 1.165) is 25.2 Å². The fraction of sp³-hybridized carbons (Fsp3) is 0.278. The summed E-state index contributed by atoms with van der Waals surface area (Å²) >= 11 is 6.02. The van der Waals surface area contributed by atoms with E-state index in [2.05, 4.69) is 10.8 Å². The van der Waals surface area contributed by atoms with E-state index < -0.39 is 44.4 Å². The summed E-state index contributed by atoms with van der Waals surface area (Å²) in [5.41, 5.74) is 0.820. The first-order valence-corrected chi connectivity index (χ1v) is 10.7. The van der Waals surface area contributed by atoms with Gasteiger partial charge < -0.3 is 5.32 Å². The average Bonchev–Trinajstić information content (AvgIpc) is 3.46. The molecule has 0 aliphatic heterocycles. The van der Waals surface area contributed by atoms with Crippen LogP contribution in [0, 0.1) is 23.4 Å². The fourth-order valence-corrected chi connectivity index (χ4v) is 3.36. The van der Waals surface area contributed by atoms with E-state index in [4.69, 9.17) is 16.4 Å². The van der Waals surface area contributed by atoms with Gasteiger partial charge >= 0.3 is 0 Å². The molecule has 6 nitrogen and oxygen atoms in total. The number of carbonyl (C=O) groups excluding carboxylic acids is 1. The summed E-state index contributed by atoms with van der Waals surface area (Å²) in [6.07, 6.45) is 2.90. The van der Waals surface area contributed by atoms with E-state index in [-0.39, 0.29) is 22.2 Å². The third kappa shape index (κ3) is 5.01. The Kier molecular flexibility index (Phi) is 6.06. The van der Waals surface area contributed by atoms with E-state index in [0.29, 0.717) is 12.0 Å². The first kappa shape index (κ1) is 21.4. The second kappa shape index (κ2) is 8.21. The zero-order valence-electron chi connectivity index (χ0n) is 15.1. The third-order valence-electron chi connectivity index (χ3n) is 4.22. The van der Waals surface area contributed by atoms with Crippen LogP contribution in [-0.2, 0) is 14.7 Å². The van der Waals surface area contributed by atoms with Crippen molar-refractivity contribution in [3.8, 4) is 0 Å². The Morgan fingerprint density at radius 2 is 1.90 bits per heavy atom. The van der Waals surface area contributed by atoms with Crippen LogP contribution in [0.15, 0.2) is 29.2 Å². The van der Waals surface area contributed by atoms with E-state index in [1.54, 1.807) is 0 Å². The summed E-state index contributed by atoms with van der Waals surface area (Å²) in [5.74, 6) is -5.65. The van der Waals surface area contributed by atoms with Crippen LogP contribution in [0.5, 0.6) is 0 Å². The number of benzene rings is 2. The summed E-state index contributed by atoms with van der Waals surface area (Å²) in [5, 5.41) is 2.29. The summed E-state index contributed by atoms with van der Waals surface area (Å²) in [7, 11) is -3.55. The zero-order chi connectivity index (χ0) is 21.3. The number of rotatable bonds is 7. The largest absolute Gasteiger partial charge is 0.351 e. The molecule has 29 heavy (non-hydrogen) atoms. The maximum absolute atomic E-state index is 14.4. The highest BCUT2D eigenvalue weighted by atomic mass is 35.5. The van der Waals surface area contributed by atoms with Gasteiger partial charge in [0.1, 0.15) is 0 Å². The van der Waals surface area contributed by atoms with Crippen LogP contribution < -0.4 is 10.8 Å². The summed E-state index contributed by atoms with van der Waals surface area (Å²) in [6, 6.07) is 4.04. The lowest BCUT2D eigenvalue weighted by Crippen LogP contribution is -2.26. The van der Waals surface area contributed by atoms with Crippen molar-refractivity contribution in [3.05, 3.63) is 52.3 Å². The number of hydroxylamine groups is 1. The van der Waals surface area contributed by atoms with Crippen molar-refractivity contribution in [3.63, 3.8) is 0 Å². The smallest absolute Gasteiger partial charge is 0.277 e. The van der Waals surface area contributed by atoms with Crippen LogP contribution >= 0.6 is 11.6 Å². The molecular formula is C18H16ClF3N2O4S. The minimum absolute atomic E-state index is 0.0167. The van der Waals surface area contributed by atoms with Crippen LogP contribution in [0.4, 0.5) is 24.5 Å². The molecule has 1 aliphatic rings.